The molecule has 1 aromatic carbocycles. The van der Waals surface area contributed by atoms with Crippen molar-refractivity contribution in [2.24, 2.45) is 0 Å². The molecule has 106 valence electrons. The van der Waals surface area contributed by atoms with Gasteiger partial charge < -0.3 is 10.4 Å². The van der Waals surface area contributed by atoms with Crippen molar-refractivity contribution in [1.29, 1.82) is 0 Å². The highest BCUT2D eigenvalue weighted by molar-refractivity contribution is 7.99. The van der Waals surface area contributed by atoms with Gasteiger partial charge in [-0.05, 0) is 56.6 Å². The van der Waals surface area contributed by atoms with Gasteiger partial charge in [0, 0.05) is 17.3 Å². The Morgan fingerprint density at radius 3 is 2.74 bits per heavy atom. The molecule has 0 radical (unpaired) electrons. The highest BCUT2D eigenvalue weighted by Crippen LogP contribution is 2.28. The maximum atomic E-state index is 9.27. The Kier molecular flexibility index (Phi) is 5.59. The second kappa shape index (κ2) is 7.20. The summed E-state index contributed by atoms with van der Waals surface area (Å²) in [5.74, 6) is 0.351. The lowest BCUT2D eigenvalue weighted by Gasteiger charge is -2.24. The second-order valence-corrected chi connectivity index (χ2v) is 6.66. The van der Waals surface area contributed by atoms with Crippen LogP contribution in [0.4, 0.5) is 0 Å². The zero-order valence-corrected chi connectivity index (χ0v) is 12.7. The van der Waals surface area contributed by atoms with Gasteiger partial charge >= 0.3 is 0 Å². The molecule has 0 heterocycles. The molecule has 1 aromatic rings. The van der Waals surface area contributed by atoms with Crippen LogP contribution in [-0.4, -0.2) is 28.7 Å². The number of nitrogens with one attached hydrogen (secondary N) is 1. The van der Waals surface area contributed by atoms with E-state index in [2.05, 4.69) is 18.5 Å². The highest BCUT2D eigenvalue weighted by Gasteiger charge is 2.26. The van der Waals surface area contributed by atoms with E-state index < -0.39 is 0 Å². The van der Waals surface area contributed by atoms with E-state index in [1.807, 2.05) is 23.9 Å². The Bertz CT molecular complexity index is 379. The van der Waals surface area contributed by atoms with Crippen molar-refractivity contribution in [2.45, 2.75) is 56.4 Å². The summed E-state index contributed by atoms with van der Waals surface area (Å²) in [6, 6.07) is 8.84. The van der Waals surface area contributed by atoms with Crippen molar-refractivity contribution < 1.29 is 5.11 Å². The van der Waals surface area contributed by atoms with E-state index in [0.29, 0.717) is 17.8 Å². The third-order valence-electron chi connectivity index (χ3n) is 4.06. The number of benzene rings is 1. The van der Waals surface area contributed by atoms with E-state index in [1.165, 1.54) is 24.8 Å². The van der Waals surface area contributed by atoms with Gasteiger partial charge in [0.1, 0.15) is 5.75 Å². The average molecular weight is 279 g/mol. The molecular formula is C16H25NOS. The van der Waals surface area contributed by atoms with Gasteiger partial charge in [-0.25, -0.2) is 0 Å². The molecule has 19 heavy (non-hydrogen) atoms. The van der Waals surface area contributed by atoms with Gasteiger partial charge in [-0.1, -0.05) is 18.6 Å². The van der Waals surface area contributed by atoms with Gasteiger partial charge in [0.2, 0.25) is 0 Å². The first kappa shape index (κ1) is 14.7. The normalized spacial score (nSPS) is 24.5. The van der Waals surface area contributed by atoms with Crippen LogP contribution in [0.5, 0.6) is 5.75 Å². The molecule has 1 aliphatic carbocycles. The molecule has 1 aliphatic rings. The number of rotatable bonds is 6. The largest absolute Gasteiger partial charge is 0.508 e. The van der Waals surface area contributed by atoms with Gasteiger partial charge in [-0.15, -0.1) is 0 Å². The van der Waals surface area contributed by atoms with Crippen LogP contribution in [0.3, 0.4) is 0 Å². The van der Waals surface area contributed by atoms with Crippen molar-refractivity contribution in [2.75, 3.05) is 6.26 Å². The Morgan fingerprint density at radius 2 is 2.05 bits per heavy atom. The summed E-state index contributed by atoms with van der Waals surface area (Å²) >= 11 is 2.01. The minimum atomic E-state index is 0.351. The molecule has 3 atom stereocenters. The fourth-order valence-corrected chi connectivity index (χ4v) is 3.84. The van der Waals surface area contributed by atoms with Crippen LogP contribution >= 0.6 is 11.8 Å². The quantitative estimate of drug-likeness (QED) is 0.834. The van der Waals surface area contributed by atoms with E-state index >= 15 is 0 Å². The first-order chi connectivity index (χ1) is 9.19. The molecule has 3 unspecified atom stereocenters. The smallest absolute Gasteiger partial charge is 0.115 e. The number of aryl methyl sites for hydroxylation is 1. The zero-order chi connectivity index (χ0) is 13.7. The summed E-state index contributed by atoms with van der Waals surface area (Å²) in [4.78, 5) is 0. The van der Waals surface area contributed by atoms with E-state index in [9.17, 15) is 5.11 Å². The number of thioether (sulfide) groups is 1. The lowest BCUT2D eigenvalue weighted by molar-refractivity contribution is 0.436. The predicted molar refractivity (Wildman–Crippen MR) is 84.0 cm³/mol. The summed E-state index contributed by atoms with van der Waals surface area (Å²) in [5.41, 5.74) is 1.30. The maximum Gasteiger partial charge on any atom is 0.115 e. The number of aromatic hydroxyl groups is 1. The van der Waals surface area contributed by atoms with Gasteiger partial charge in [0.25, 0.3) is 0 Å². The molecule has 0 bridgehead atoms. The summed E-state index contributed by atoms with van der Waals surface area (Å²) in [7, 11) is 0. The van der Waals surface area contributed by atoms with Crippen molar-refractivity contribution in [3.63, 3.8) is 0 Å². The minimum absolute atomic E-state index is 0.351. The monoisotopic (exact) mass is 279 g/mol. The molecule has 0 saturated heterocycles. The Morgan fingerprint density at radius 1 is 1.32 bits per heavy atom. The number of hydrogen-bond acceptors (Lipinski definition) is 3. The summed E-state index contributed by atoms with van der Waals surface area (Å²) in [6.45, 7) is 2.29. The van der Waals surface area contributed by atoms with E-state index in [4.69, 9.17) is 0 Å². The topological polar surface area (TPSA) is 32.3 Å². The predicted octanol–water partition coefficient (Wildman–Crippen LogP) is 3.59. The molecule has 1 fully saturated rings. The van der Waals surface area contributed by atoms with Gasteiger partial charge in [0.05, 0.1) is 0 Å². The molecule has 2 N–H and O–H groups in total. The average Bonchev–Trinajstić information content (AvgIpc) is 2.85. The molecule has 2 nitrogen and oxygen atoms in total. The molecule has 0 spiro atoms. The van der Waals surface area contributed by atoms with Crippen LogP contribution in [0, 0.1) is 0 Å². The number of hydrogen-bond donors (Lipinski definition) is 2. The zero-order valence-electron chi connectivity index (χ0n) is 11.9. The van der Waals surface area contributed by atoms with Crippen LogP contribution < -0.4 is 5.32 Å². The van der Waals surface area contributed by atoms with Gasteiger partial charge in [-0.2, -0.15) is 11.8 Å². The van der Waals surface area contributed by atoms with E-state index in [1.54, 1.807) is 12.1 Å². The van der Waals surface area contributed by atoms with Crippen LogP contribution in [0.15, 0.2) is 24.3 Å². The Labute approximate surface area is 121 Å². The summed E-state index contributed by atoms with van der Waals surface area (Å²) < 4.78 is 0. The van der Waals surface area contributed by atoms with Crippen molar-refractivity contribution in [3.8, 4) is 5.75 Å². The van der Waals surface area contributed by atoms with Gasteiger partial charge in [0.15, 0.2) is 0 Å². The molecule has 1 saturated carbocycles. The Balaban J connectivity index is 1.75. The standard InChI is InChI=1S/C16H25NOS/c1-12(17-15-4-3-5-16(15)19-2)6-7-13-8-10-14(18)11-9-13/h8-12,15-18H,3-7H2,1-2H3. The highest BCUT2D eigenvalue weighted by atomic mass is 32.2. The third kappa shape index (κ3) is 4.43. The Hall–Kier alpha value is -0.670. The molecule has 0 aromatic heterocycles. The molecule has 2 rings (SSSR count). The summed E-state index contributed by atoms with van der Waals surface area (Å²) in [5, 5.41) is 13.9. The summed E-state index contributed by atoms with van der Waals surface area (Å²) in [6.07, 6.45) is 8.52. The van der Waals surface area contributed by atoms with Crippen molar-refractivity contribution >= 4 is 11.8 Å². The lowest BCUT2D eigenvalue weighted by Crippen LogP contribution is -2.40. The fourth-order valence-electron chi connectivity index (χ4n) is 2.89. The van der Waals surface area contributed by atoms with E-state index in [0.717, 1.165) is 18.1 Å². The lowest BCUT2D eigenvalue weighted by atomic mass is 10.1. The van der Waals surface area contributed by atoms with Crippen molar-refractivity contribution in [1.82, 2.24) is 5.32 Å². The fraction of sp³-hybridized carbons (Fsp3) is 0.625. The minimum Gasteiger partial charge on any atom is -0.508 e. The number of phenols is 1. The van der Waals surface area contributed by atoms with Crippen molar-refractivity contribution in [3.05, 3.63) is 29.8 Å². The third-order valence-corrected chi connectivity index (χ3v) is 5.23. The van der Waals surface area contributed by atoms with Crippen LogP contribution in [0.25, 0.3) is 0 Å². The van der Waals surface area contributed by atoms with Gasteiger partial charge in [-0.3, -0.25) is 0 Å². The molecule has 0 aliphatic heterocycles. The van der Waals surface area contributed by atoms with E-state index in [-0.39, 0.29) is 0 Å². The number of phenolic OH excluding ortho intramolecular Hbond substituents is 1. The second-order valence-electron chi connectivity index (χ2n) is 5.58. The molecule has 3 heteroatoms. The SMILES string of the molecule is CSC1CCCC1NC(C)CCc1ccc(O)cc1. The first-order valence-corrected chi connectivity index (χ1v) is 8.54. The van der Waals surface area contributed by atoms with Crippen LogP contribution in [0.2, 0.25) is 0 Å². The molecule has 0 amide bonds. The van der Waals surface area contributed by atoms with Crippen LogP contribution in [-0.2, 0) is 6.42 Å². The van der Waals surface area contributed by atoms with Crippen LogP contribution in [0.1, 0.15) is 38.2 Å². The maximum absolute atomic E-state index is 9.27. The molecular weight excluding hydrogens is 254 g/mol. The first-order valence-electron chi connectivity index (χ1n) is 7.26.